The van der Waals surface area contributed by atoms with E-state index in [0.717, 1.165) is 11.1 Å². The van der Waals surface area contributed by atoms with E-state index in [0.29, 0.717) is 23.7 Å². The fraction of sp³-hybridized carbons (Fsp3) is 0.0556. The number of nitrogens with zero attached hydrogens (tertiary/aromatic N) is 3. The highest BCUT2D eigenvalue weighted by Crippen LogP contribution is 2.20. The molecule has 112 valence electrons. The average Bonchev–Trinajstić information content (AvgIpc) is 2.62. The average molecular weight is 305 g/mol. The SMILES string of the molecule is N#Cc1cnc(-c2ccc(OCc3ccc(F)cc3)cc2)nc1. The summed E-state index contributed by atoms with van der Waals surface area (Å²) < 4.78 is 18.5. The topological polar surface area (TPSA) is 58.8 Å². The molecule has 0 amide bonds. The minimum absolute atomic E-state index is 0.263. The van der Waals surface area contributed by atoms with E-state index < -0.39 is 0 Å². The minimum Gasteiger partial charge on any atom is -0.489 e. The number of benzene rings is 2. The van der Waals surface area contributed by atoms with Gasteiger partial charge in [-0.3, -0.25) is 0 Å². The van der Waals surface area contributed by atoms with Gasteiger partial charge < -0.3 is 4.74 Å². The Kier molecular flexibility index (Phi) is 4.25. The maximum atomic E-state index is 12.8. The second-order valence-electron chi connectivity index (χ2n) is 4.85. The summed E-state index contributed by atoms with van der Waals surface area (Å²) >= 11 is 0. The van der Waals surface area contributed by atoms with Gasteiger partial charge >= 0.3 is 0 Å². The van der Waals surface area contributed by atoms with Crippen molar-refractivity contribution in [2.24, 2.45) is 0 Å². The number of hydrogen-bond donors (Lipinski definition) is 0. The molecule has 0 spiro atoms. The molecule has 0 saturated carbocycles. The van der Waals surface area contributed by atoms with Crippen LogP contribution in [0.2, 0.25) is 0 Å². The lowest BCUT2D eigenvalue weighted by atomic mass is 10.2. The van der Waals surface area contributed by atoms with Gasteiger partial charge in [-0.2, -0.15) is 5.26 Å². The molecule has 0 N–H and O–H groups in total. The molecule has 3 rings (SSSR count). The first-order chi connectivity index (χ1) is 11.2. The quantitative estimate of drug-likeness (QED) is 0.737. The summed E-state index contributed by atoms with van der Waals surface area (Å²) in [7, 11) is 0. The lowest BCUT2D eigenvalue weighted by Gasteiger charge is -2.07. The van der Waals surface area contributed by atoms with Gasteiger partial charge in [0.1, 0.15) is 24.2 Å². The van der Waals surface area contributed by atoms with Crippen LogP contribution in [-0.4, -0.2) is 9.97 Å². The Hall–Kier alpha value is -3.26. The second-order valence-corrected chi connectivity index (χ2v) is 4.85. The molecule has 0 saturated heterocycles. The summed E-state index contributed by atoms with van der Waals surface area (Å²) in [6, 6.07) is 15.5. The van der Waals surface area contributed by atoms with Crippen molar-refractivity contribution in [3.8, 4) is 23.2 Å². The molecule has 0 fully saturated rings. The van der Waals surface area contributed by atoms with Crippen LogP contribution in [0.3, 0.4) is 0 Å². The van der Waals surface area contributed by atoms with Crippen molar-refractivity contribution in [1.82, 2.24) is 9.97 Å². The zero-order valence-electron chi connectivity index (χ0n) is 12.1. The van der Waals surface area contributed by atoms with Crippen LogP contribution in [0.4, 0.5) is 4.39 Å². The van der Waals surface area contributed by atoms with Crippen LogP contribution in [0.15, 0.2) is 60.9 Å². The van der Waals surface area contributed by atoms with Crippen LogP contribution < -0.4 is 4.74 Å². The lowest BCUT2D eigenvalue weighted by molar-refractivity contribution is 0.306. The molecule has 3 aromatic rings. The smallest absolute Gasteiger partial charge is 0.159 e. The van der Waals surface area contributed by atoms with Gasteiger partial charge in [0.15, 0.2) is 5.82 Å². The number of ether oxygens (including phenoxy) is 1. The molecule has 4 nitrogen and oxygen atoms in total. The van der Waals surface area contributed by atoms with E-state index in [2.05, 4.69) is 9.97 Å². The maximum absolute atomic E-state index is 12.8. The van der Waals surface area contributed by atoms with Crippen LogP contribution >= 0.6 is 0 Å². The van der Waals surface area contributed by atoms with Gasteiger partial charge in [0.25, 0.3) is 0 Å². The Balaban J connectivity index is 1.66. The van der Waals surface area contributed by atoms with E-state index in [-0.39, 0.29) is 5.82 Å². The normalized spacial score (nSPS) is 10.1. The van der Waals surface area contributed by atoms with Gasteiger partial charge in [-0.25, -0.2) is 14.4 Å². The summed E-state index contributed by atoms with van der Waals surface area (Å²) in [5.41, 5.74) is 2.16. The predicted molar refractivity (Wildman–Crippen MR) is 82.9 cm³/mol. The molecule has 1 heterocycles. The molecule has 0 aliphatic heterocycles. The van der Waals surface area contributed by atoms with Gasteiger partial charge in [0, 0.05) is 18.0 Å². The molecule has 0 bridgehead atoms. The second kappa shape index (κ2) is 6.67. The minimum atomic E-state index is -0.263. The highest BCUT2D eigenvalue weighted by Gasteiger charge is 2.03. The van der Waals surface area contributed by atoms with Gasteiger partial charge in [0.2, 0.25) is 0 Å². The van der Waals surface area contributed by atoms with Gasteiger partial charge in [-0.1, -0.05) is 12.1 Å². The van der Waals surface area contributed by atoms with E-state index >= 15 is 0 Å². The monoisotopic (exact) mass is 305 g/mol. The Bertz CT molecular complexity index is 822. The molecule has 23 heavy (non-hydrogen) atoms. The zero-order chi connectivity index (χ0) is 16.1. The molecule has 2 aromatic carbocycles. The van der Waals surface area contributed by atoms with Crippen LogP contribution in [0.5, 0.6) is 5.75 Å². The Morgan fingerprint density at radius 3 is 2.22 bits per heavy atom. The molecular formula is C18H12FN3O. The van der Waals surface area contributed by atoms with Gasteiger partial charge in [-0.15, -0.1) is 0 Å². The first kappa shape index (κ1) is 14.7. The number of hydrogen-bond acceptors (Lipinski definition) is 4. The highest BCUT2D eigenvalue weighted by molar-refractivity contribution is 5.56. The third-order valence-electron chi connectivity index (χ3n) is 3.21. The third kappa shape index (κ3) is 3.69. The van der Waals surface area contributed by atoms with Crippen molar-refractivity contribution in [2.45, 2.75) is 6.61 Å². The van der Waals surface area contributed by atoms with E-state index in [1.54, 1.807) is 12.1 Å². The first-order valence-electron chi connectivity index (χ1n) is 6.94. The molecule has 0 atom stereocenters. The molecular weight excluding hydrogens is 293 g/mol. The summed E-state index contributed by atoms with van der Waals surface area (Å²) in [4.78, 5) is 8.28. The van der Waals surface area contributed by atoms with E-state index in [1.807, 2.05) is 30.3 Å². The Labute approximate surface area is 132 Å². The lowest BCUT2D eigenvalue weighted by Crippen LogP contribution is -1.95. The summed E-state index contributed by atoms with van der Waals surface area (Å²) in [5.74, 6) is 0.987. The predicted octanol–water partition coefficient (Wildman–Crippen LogP) is 3.73. The van der Waals surface area contributed by atoms with E-state index in [4.69, 9.17) is 10.00 Å². The van der Waals surface area contributed by atoms with E-state index in [1.165, 1.54) is 24.5 Å². The summed E-state index contributed by atoms with van der Waals surface area (Å²) in [6.45, 7) is 0.368. The van der Waals surface area contributed by atoms with Gasteiger partial charge in [-0.05, 0) is 42.0 Å². The van der Waals surface area contributed by atoms with Crippen LogP contribution in [0.1, 0.15) is 11.1 Å². The Morgan fingerprint density at radius 1 is 0.957 bits per heavy atom. The maximum Gasteiger partial charge on any atom is 0.159 e. The molecule has 0 radical (unpaired) electrons. The van der Waals surface area contributed by atoms with Crippen molar-refractivity contribution in [3.05, 3.63) is 77.9 Å². The zero-order valence-corrected chi connectivity index (χ0v) is 12.1. The van der Waals surface area contributed by atoms with Crippen LogP contribution in [0, 0.1) is 17.1 Å². The van der Waals surface area contributed by atoms with Gasteiger partial charge in [0.05, 0.1) is 5.56 Å². The van der Waals surface area contributed by atoms with Crippen molar-refractivity contribution < 1.29 is 9.13 Å². The number of rotatable bonds is 4. The number of aromatic nitrogens is 2. The first-order valence-corrected chi connectivity index (χ1v) is 6.94. The molecule has 5 heteroatoms. The molecule has 1 aromatic heterocycles. The van der Waals surface area contributed by atoms with E-state index in [9.17, 15) is 4.39 Å². The molecule has 0 aliphatic carbocycles. The van der Waals surface area contributed by atoms with Crippen LogP contribution in [-0.2, 0) is 6.61 Å². The largest absolute Gasteiger partial charge is 0.489 e. The standard InChI is InChI=1S/C18H12FN3O/c19-16-5-1-13(2-6-16)12-23-17-7-3-15(4-8-17)18-21-10-14(9-20)11-22-18/h1-8,10-11H,12H2. The summed E-state index contributed by atoms with van der Waals surface area (Å²) in [5, 5.41) is 8.74. The fourth-order valence-corrected chi connectivity index (χ4v) is 1.98. The van der Waals surface area contributed by atoms with Crippen molar-refractivity contribution in [2.75, 3.05) is 0 Å². The number of nitriles is 1. The highest BCUT2D eigenvalue weighted by atomic mass is 19.1. The number of halogens is 1. The molecule has 0 aliphatic rings. The van der Waals surface area contributed by atoms with Crippen molar-refractivity contribution in [3.63, 3.8) is 0 Å². The van der Waals surface area contributed by atoms with Crippen molar-refractivity contribution >= 4 is 0 Å². The van der Waals surface area contributed by atoms with Crippen LogP contribution in [0.25, 0.3) is 11.4 Å². The van der Waals surface area contributed by atoms with Crippen molar-refractivity contribution in [1.29, 1.82) is 5.26 Å². The third-order valence-corrected chi connectivity index (χ3v) is 3.21. The molecule has 0 unspecified atom stereocenters. The summed E-state index contributed by atoms with van der Waals surface area (Å²) in [6.07, 6.45) is 2.97. The fourth-order valence-electron chi connectivity index (χ4n) is 1.98. The Morgan fingerprint density at radius 2 is 1.61 bits per heavy atom.